The molecule has 1 aliphatic heterocycles. The first-order chi connectivity index (χ1) is 14.7. The number of nitrogens with zero attached hydrogens (tertiary/aromatic N) is 3. The third-order valence-electron chi connectivity index (χ3n) is 6.07. The molecule has 2 aliphatic rings. The smallest absolute Gasteiger partial charge is 0.319 e. The summed E-state index contributed by atoms with van der Waals surface area (Å²) in [5.74, 6) is -0.976. The van der Waals surface area contributed by atoms with Gasteiger partial charge in [-0.2, -0.15) is 0 Å². The highest BCUT2D eigenvalue weighted by Crippen LogP contribution is 2.32. The van der Waals surface area contributed by atoms with E-state index >= 15 is 0 Å². The van der Waals surface area contributed by atoms with E-state index in [0.29, 0.717) is 11.3 Å². The number of nitro benzene ring substituents is 1. The number of likely N-dealkylation sites (N-methyl/N-ethyl adjacent to an activating group) is 1. The molecule has 1 aliphatic carbocycles. The van der Waals surface area contributed by atoms with Crippen molar-refractivity contribution < 1.29 is 19.3 Å². The molecule has 9 heteroatoms. The van der Waals surface area contributed by atoms with Crippen molar-refractivity contribution in [3.05, 3.63) is 69.3 Å². The topological polar surface area (TPSA) is 113 Å². The van der Waals surface area contributed by atoms with Gasteiger partial charge in [0.25, 0.3) is 11.6 Å². The number of hydrogen-bond donors (Lipinski definition) is 1. The Hall–Kier alpha value is -3.75. The molecular weight excluding hydrogens is 400 g/mol. The molecule has 2 aromatic rings. The summed E-state index contributed by atoms with van der Waals surface area (Å²) < 4.78 is 0. The van der Waals surface area contributed by atoms with Crippen LogP contribution in [-0.2, 0) is 28.0 Å². The van der Waals surface area contributed by atoms with E-state index in [9.17, 15) is 24.5 Å². The number of benzene rings is 2. The van der Waals surface area contributed by atoms with E-state index in [2.05, 4.69) is 5.32 Å². The van der Waals surface area contributed by atoms with Crippen molar-refractivity contribution in [1.82, 2.24) is 10.2 Å². The number of anilines is 1. The number of amides is 4. The maximum absolute atomic E-state index is 13.1. The van der Waals surface area contributed by atoms with Crippen molar-refractivity contribution in [1.29, 1.82) is 0 Å². The second-order valence-electron chi connectivity index (χ2n) is 8.01. The van der Waals surface area contributed by atoms with E-state index in [1.165, 1.54) is 47.3 Å². The largest absolute Gasteiger partial charge is 0.325 e. The Labute approximate surface area is 178 Å². The number of non-ortho nitro benzene ring substituents is 1. The second kappa shape index (κ2) is 7.50. The first-order valence-corrected chi connectivity index (χ1v) is 9.98. The van der Waals surface area contributed by atoms with Crippen molar-refractivity contribution in [2.75, 3.05) is 18.5 Å². The van der Waals surface area contributed by atoms with Crippen LogP contribution in [0.1, 0.15) is 30.0 Å². The van der Waals surface area contributed by atoms with Crippen LogP contribution in [0.5, 0.6) is 0 Å². The molecule has 4 amide bonds. The summed E-state index contributed by atoms with van der Waals surface area (Å²) in [6, 6.07) is 10.7. The summed E-state index contributed by atoms with van der Waals surface area (Å²) in [6.45, 7) is 1.22. The monoisotopic (exact) mass is 422 g/mol. The minimum atomic E-state index is -1.24. The van der Waals surface area contributed by atoms with Crippen LogP contribution >= 0.6 is 0 Å². The number of fused-ring (bicyclic) bond motifs is 1. The summed E-state index contributed by atoms with van der Waals surface area (Å²) in [5.41, 5.74) is 2.24. The van der Waals surface area contributed by atoms with Crippen LogP contribution in [0.25, 0.3) is 0 Å². The summed E-state index contributed by atoms with van der Waals surface area (Å²) in [6.07, 6.45) is 3.04. The molecule has 4 rings (SSSR count). The maximum Gasteiger partial charge on any atom is 0.325 e. The van der Waals surface area contributed by atoms with E-state index in [4.69, 9.17) is 0 Å². The van der Waals surface area contributed by atoms with Gasteiger partial charge in [-0.05, 0) is 55.0 Å². The lowest BCUT2D eigenvalue weighted by atomic mass is 9.89. The average Bonchev–Trinajstić information content (AvgIpc) is 3.31. The van der Waals surface area contributed by atoms with Gasteiger partial charge in [0.2, 0.25) is 5.91 Å². The van der Waals surface area contributed by atoms with Crippen molar-refractivity contribution in [2.24, 2.45) is 0 Å². The standard InChI is InChI=1S/C22H22N4O5/c1-22(16-7-6-14-4-3-5-15(14)12-16)20(28)25(21(29)23-22)13-19(27)24(2)17-8-10-18(11-9-17)26(30)31/h6-12H,3-5,13H2,1-2H3,(H,23,29). The third-order valence-corrected chi connectivity index (χ3v) is 6.07. The van der Waals surface area contributed by atoms with Gasteiger partial charge < -0.3 is 10.2 Å². The number of nitrogens with one attached hydrogen (secondary N) is 1. The molecule has 1 unspecified atom stereocenters. The molecule has 1 atom stereocenters. The highest BCUT2D eigenvalue weighted by molar-refractivity contribution is 6.10. The summed E-state index contributed by atoms with van der Waals surface area (Å²) in [7, 11) is 1.49. The molecule has 31 heavy (non-hydrogen) atoms. The number of nitro groups is 1. The lowest BCUT2D eigenvalue weighted by Crippen LogP contribution is -2.43. The third kappa shape index (κ3) is 3.52. The second-order valence-corrected chi connectivity index (χ2v) is 8.01. The molecule has 0 saturated carbocycles. The highest BCUT2D eigenvalue weighted by atomic mass is 16.6. The van der Waals surface area contributed by atoms with Gasteiger partial charge in [0.15, 0.2) is 0 Å². The predicted molar refractivity (Wildman–Crippen MR) is 113 cm³/mol. The van der Waals surface area contributed by atoms with Gasteiger partial charge in [-0.25, -0.2) is 4.79 Å². The van der Waals surface area contributed by atoms with E-state index in [-0.39, 0.29) is 5.69 Å². The molecular formula is C22H22N4O5. The van der Waals surface area contributed by atoms with Crippen molar-refractivity contribution in [3.8, 4) is 0 Å². The Morgan fingerprint density at radius 2 is 1.84 bits per heavy atom. The van der Waals surface area contributed by atoms with Crippen LogP contribution in [-0.4, -0.2) is 41.3 Å². The lowest BCUT2D eigenvalue weighted by Gasteiger charge is -2.24. The van der Waals surface area contributed by atoms with Gasteiger partial charge >= 0.3 is 6.03 Å². The molecule has 0 radical (unpaired) electrons. The zero-order chi connectivity index (χ0) is 22.3. The Balaban J connectivity index is 1.51. The number of aryl methyl sites for hydroxylation is 2. The molecule has 0 aromatic heterocycles. The van der Waals surface area contributed by atoms with Gasteiger partial charge in [0.05, 0.1) is 4.92 Å². The lowest BCUT2D eigenvalue weighted by molar-refractivity contribution is -0.384. The summed E-state index contributed by atoms with van der Waals surface area (Å²) in [4.78, 5) is 50.9. The van der Waals surface area contributed by atoms with Crippen LogP contribution in [0.4, 0.5) is 16.2 Å². The van der Waals surface area contributed by atoms with Crippen LogP contribution in [0.15, 0.2) is 42.5 Å². The van der Waals surface area contributed by atoms with Crippen molar-refractivity contribution in [3.63, 3.8) is 0 Å². The minimum absolute atomic E-state index is 0.0937. The van der Waals surface area contributed by atoms with Crippen molar-refractivity contribution in [2.45, 2.75) is 31.7 Å². The molecule has 1 fully saturated rings. The fraction of sp³-hybridized carbons (Fsp3) is 0.318. The van der Waals surface area contributed by atoms with Crippen LogP contribution in [0, 0.1) is 10.1 Å². The van der Waals surface area contributed by atoms with E-state index in [0.717, 1.165) is 24.2 Å². The molecule has 0 bridgehead atoms. The zero-order valence-corrected chi connectivity index (χ0v) is 17.3. The number of carbonyl (C=O) groups excluding carboxylic acids is 3. The molecule has 160 valence electrons. The molecule has 1 N–H and O–H groups in total. The number of carbonyl (C=O) groups is 3. The molecule has 9 nitrogen and oxygen atoms in total. The average molecular weight is 422 g/mol. The Morgan fingerprint density at radius 1 is 1.16 bits per heavy atom. The quantitative estimate of drug-likeness (QED) is 0.452. The normalized spacial score (nSPS) is 19.9. The van der Waals surface area contributed by atoms with E-state index in [1.807, 2.05) is 18.2 Å². The SMILES string of the molecule is CN(C(=O)CN1C(=O)NC(C)(c2ccc3c(c2)CCC3)C1=O)c1ccc([N+](=O)[O-])cc1. The Bertz CT molecular complexity index is 1100. The number of hydrogen-bond acceptors (Lipinski definition) is 5. The minimum Gasteiger partial charge on any atom is -0.319 e. The maximum atomic E-state index is 13.1. The fourth-order valence-electron chi connectivity index (χ4n) is 4.10. The molecule has 1 heterocycles. The first-order valence-electron chi connectivity index (χ1n) is 9.98. The van der Waals surface area contributed by atoms with Gasteiger partial charge in [-0.1, -0.05) is 18.2 Å². The van der Waals surface area contributed by atoms with Gasteiger partial charge in [-0.3, -0.25) is 24.6 Å². The van der Waals surface area contributed by atoms with Crippen molar-refractivity contribution >= 4 is 29.2 Å². The summed E-state index contributed by atoms with van der Waals surface area (Å²) in [5, 5.41) is 13.5. The molecule has 2 aromatic carbocycles. The van der Waals surface area contributed by atoms with Gasteiger partial charge in [0.1, 0.15) is 12.1 Å². The number of urea groups is 1. The predicted octanol–water partition coefficient (Wildman–Crippen LogP) is 2.51. The van der Waals surface area contributed by atoms with Crippen LogP contribution in [0.3, 0.4) is 0 Å². The molecule has 1 saturated heterocycles. The first kappa shape index (κ1) is 20.5. The highest BCUT2D eigenvalue weighted by Gasteiger charge is 2.49. The number of rotatable bonds is 5. The number of imide groups is 1. The van der Waals surface area contributed by atoms with Crippen LogP contribution < -0.4 is 10.2 Å². The molecule has 0 spiro atoms. The fourth-order valence-corrected chi connectivity index (χ4v) is 4.10. The van der Waals surface area contributed by atoms with Gasteiger partial charge in [0, 0.05) is 24.9 Å². The Kier molecular flexibility index (Phi) is 4.96. The van der Waals surface area contributed by atoms with E-state index < -0.39 is 34.9 Å². The summed E-state index contributed by atoms with van der Waals surface area (Å²) >= 11 is 0. The van der Waals surface area contributed by atoms with Crippen LogP contribution in [0.2, 0.25) is 0 Å². The Morgan fingerprint density at radius 3 is 2.52 bits per heavy atom. The van der Waals surface area contributed by atoms with Gasteiger partial charge in [-0.15, -0.1) is 0 Å². The zero-order valence-electron chi connectivity index (χ0n) is 17.3. The van der Waals surface area contributed by atoms with E-state index in [1.54, 1.807) is 6.92 Å².